The first-order chi connectivity index (χ1) is 4.34. The van der Waals surface area contributed by atoms with Crippen molar-refractivity contribution in [1.82, 2.24) is 4.57 Å². The number of hydrogen-bond acceptors (Lipinski definition) is 1. The molecule has 0 spiro atoms. The van der Waals surface area contributed by atoms with Crippen LogP contribution in [0.15, 0.2) is 24.5 Å². The minimum atomic E-state index is 0.0556. The fourth-order valence-corrected chi connectivity index (χ4v) is 0.859. The molecule has 0 saturated heterocycles. The lowest BCUT2D eigenvalue weighted by atomic mass is 10.7. The average Bonchev–Trinajstić information content (AvgIpc) is 2.37. The summed E-state index contributed by atoms with van der Waals surface area (Å²) >= 11 is 3.07. The van der Waals surface area contributed by atoms with Crippen molar-refractivity contribution < 1.29 is 4.79 Å². The predicted octanol–water partition coefficient (Wildman–Crippen LogP) is 1.52. The minimum Gasteiger partial charge on any atom is -0.294 e. The third kappa shape index (κ3) is 1.42. The van der Waals surface area contributed by atoms with Crippen LogP contribution in [-0.2, 0) is 0 Å². The smallest absolute Gasteiger partial charge is 0.241 e. The molecule has 0 amide bonds. The maximum Gasteiger partial charge on any atom is 0.241 e. The second-order valence-corrected chi connectivity index (χ2v) is 2.18. The Kier molecular flexibility index (Phi) is 2.05. The van der Waals surface area contributed by atoms with Gasteiger partial charge in [-0.2, -0.15) is 0 Å². The lowest BCUT2D eigenvalue weighted by Gasteiger charge is -1.93. The van der Waals surface area contributed by atoms with Crippen LogP contribution in [-0.4, -0.2) is 15.8 Å². The highest BCUT2D eigenvalue weighted by molar-refractivity contribution is 9.09. The van der Waals surface area contributed by atoms with Crippen molar-refractivity contribution in [3.05, 3.63) is 24.5 Å². The molecule has 0 aromatic carbocycles. The Morgan fingerprint density at radius 3 is 2.44 bits per heavy atom. The van der Waals surface area contributed by atoms with E-state index in [2.05, 4.69) is 15.9 Å². The zero-order valence-corrected chi connectivity index (χ0v) is 6.34. The topological polar surface area (TPSA) is 22.0 Å². The van der Waals surface area contributed by atoms with Crippen LogP contribution in [0.1, 0.15) is 4.79 Å². The summed E-state index contributed by atoms with van der Waals surface area (Å²) in [6, 6.07) is 3.64. The number of hydrogen-bond donors (Lipinski definition) is 0. The van der Waals surface area contributed by atoms with Crippen molar-refractivity contribution in [2.24, 2.45) is 0 Å². The summed E-state index contributed by atoms with van der Waals surface area (Å²) in [6.07, 6.45) is 3.45. The second-order valence-electron chi connectivity index (χ2n) is 1.62. The van der Waals surface area contributed by atoms with E-state index in [0.29, 0.717) is 5.33 Å². The fraction of sp³-hybridized carbons (Fsp3) is 0.167. The molecular formula is C6H6BrNO. The van der Waals surface area contributed by atoms with Crippen LogP contribution in [0.5, 0.6) is 0 Å². The van der Waals surface area contributed by atoms with Gasteiger partial charge in [0.1, 0.15) is 0 Å². The molecule has 3 heteroatoms. The molecule has 0 aliphatic heterocycles. The normalized spacial score (nSPS) is 9.44. The summed E-state index contributed by atoms with van der Waals surface area (Å²) in [5.74, 6) is 0.0556. The summed E-state index contributed by atoms with van der Waals surface area (Å²) in [7, 11) is 0. The van der Waals surface area contributed by atoms with Crippen LogP contribution in [0.2, 0.25) is 0 Å². The zero-order valence-electron chi connectivity index (χ0n) is 4.75. The number of carbonyl (C=O) groups is 1. The van der Waals surface area contributed by atoms with Gasteiger partial charge < -0.3 is 0 Å². The van der Waals surface area contributed by atoms with E-state index in [4.69, 9.17) is 0 Å². The maximum atomic E-state index is 10.8. The van der Waals surface area contributed by atoms with Gasteiger partial charge in [-0.05, 0) is 12.1 Å². The third-order valence-corrected chi connectivity index (χ3v) is 1.49. The second kappa shape index (κ2) is 2.82. The lowest BCUT2D eigenvalue weighted by molar-refractivity contribution is 0.0943. The van der Waals surface area contributed by atoms with Crippen molar-refractivity contribution >= 4 is 21.8 Å². The lowest BCUT2D eigenvalue weighted by Crippen LogP contribution is -2.08. The van der Waals surface area contributed by atoms with Gasteiger partial charge in [0.15, 0.2) is 0 Å². The Morgan fingerprint density at radius 2 is 2.00 bits per heavy atom. The monoisotopic (exact) mass is 187 g/mol. The van der Waals surface area contributed by atoms with E-state index in [0.717, 1.165) is 0 Å². The molecule has 1 heterocycles. The molecule has 0 aliphatic rings. The molecule has 0 unspecified atom stereocenters. The number of aromatic nitrogens is 1. The number of carbonyl (C=O) groups excluding carboxylic acids is 1. The molecule has 0 N–H and O–H groups in total. The number of nitrogens with zero attached hydrogens (tertiary/aromatic N) is 1. The van der Waals surface area contributed by atoms with Crippen LogP contribution in [0.3, 0.4) is 0 Å². The van der Waals surface area contributed by atoms with Gasteiger partial charge in [0, 0.05) is 12.4 Å². The van der Waals surface area contributed by atoms with E-state index >= 15 is 0 Å². The molecule has 0 bridgehead atoms. The number of alkyl halides is 1. The highest BCUT2D eigenvalue weighted by atomic mass is 79.9. The summed E-state index contributed by atoms with van der Waals surface area (Å²) in [4.78, 5) is 10.8. The van der Waals surface area contributed by atoms with Crippen LogP contribution < -0.4 is 0 Å². The first-order valence-electron chi connectivity index (χ1n) is 2.56. The molecule has 0 fully saturated rings. The van der Waals surface area contributed by atoms with E-state index < -0.39 is 0 Å². The van der Waals surface area contributed by atoms with Crippen molar-refractivity contribution in [3.63, 3.8) is 0 Å². The van der Waals surface area contributed by atoms with Crippen LogP contribution in [0, 0.1) is 0 Å². The van der Waals surface area contributed by atoms with Crippen LogP contribution in [0.25, 0.3) is 0 Å². The standard InChI is InChI=1S/C6H6BrNO/c7-5-6(9)8-3-1-2-4-8/h1-4H,5H2. The van der Waals surface area contributed by atoms with E-state index in [9.17, 15) is 4.79 Å². The summed E-state index contributed by atoms with van der Waals surface area (Å²) in [5.41, 5.74) is 0. The van der Waals surface area contributed by atoms with Crippen molar-refractivity contribution in [3.8, 4) is 0 Å². The van der Waals surface area contributed by atoms with E-state index in [-0.39, 0.29) is 5.91 Å². The maximum absolute atomic E-state index is 10.8. The predicted molar refractivity (Wildman–Crippen MR) is 38.9 cm³/mol. The van der Waals surface area contributed by atoms with Gasteiger partial charge in [-0.1, -0.05) is 15.9 Å². The summed E-state index contributed by atoms with van der Waals surface area (Å²) in [5, 5.41) is 0.377. The molecule has 0 atom stereocenters. The molecule has 0 aliphatic carbocycles. The molecule has 1 rings (SSSR count). The minimum absolute atomic E-state index is 0.0556. The van der Waals surface area contributed by atoms with Crippen LogP contribution >= 0.6 is 15.9 Å². The zero-order chi connectivity index (χ0) is 6.69. The Bertz CT molecular complexity index is 193. The Hall–Kier alpha value is -0.570. The quantitative estimate of drug-likeness (QED) is 0.612. The number of rotatable bonds is 1. The average molecular weight is 188 g/mol. The largest absolute Gasteiger partial charge is 0.294 e. The first-order valence-corrected chi connectivity index (χ1v) is 3.69. The SMILES string of the molecule is O=C(CBr)n1cccc1. The first kappa shape index (κ1) is 6.55. The fourth-order valence-electron chi connectivity index (χ4n) is 0.570. The summed E-state index contributed by atoms with van der Waals surface area (Å²) in [6.45, 7) is 0. The Labute approximate surface area is 61.6 Å². The van der Waals surface area contributed by atoms with Gasteiger partial charge in [0.05, 0.1) is 5.33 Å². The van der Waals surface area contributed by atoms with E-state index in [1.807, 2.05) is 12.1 Å². The molecular weight excluding hydrogens is 182 g/mol. The van der Waals surface area contributed by atoms with Gasteiger partial charge in [-0.25, -0.2) is 0 Å². The van der Waals surface area contributed by atoms with Gasteiger partial charge in [0.25, 0.3) is 0 Å². The molecule has 1 aromatic heterocycles. The van der Waals surface area contributed by atoms with Gasteiger partial charge >= 0.3 is 0 Å². The van der Waals surface area contributed by atoms with Crippen molar-refractivity contribution in [2.75, 3.05) is 5.33 Å². The summed E-state index contributed by atoms with van der Waals surface area (Å²) < 4.78 is 1.54. The number of halogens is 1. The van der Waals surface area contributed by atoms with Gasteiger partial charge in [-0.3, -0.25) is 9.36 Å². The Morgan fingerprint density at radius 1 is 1.44 bits per heavy atom. The third-order valence-electron chi connectivity index (χ3n) is 1.01. The molecule has 48 valence electrons. The molecule has 2 nitrogen and oxygen atoms in total. The highest BCUT2D eigenvalue weighted by Gasteiger charge is 1.96. The van der Waals surface area contributed by atoms with E-state index in [1.165, 1.54) is 4.57 Å². The van der Waals surface area contributed by atoms with Crippen molar-refractivity contribution in [1.29, 1.82) is 0 Å². The molecule has 9 heavy (non-hydrogen) atoms. The van der Waals surface area contributed by atoms with E-state index in [1.54, 1.807) is 12.4 Å². The van der Waals surface area contributed by atoms with Gasteiger partial charge in [-0.15, -0.1) is 0 Å². The highest BCUT2D eigenvalue weighted by Crippen LogP contribution is 1.91. The van der Waals surface area contributed by atoms with Crippen molar-refractivity contribution in [2.45, 2.75) is 0 Å². The van der Waals surface area contributed by atoms with Gasteiger partial charge in [0.2, 0.25) is 5.91 Å². The molecule has 1 aromatic rings. The Balaban J connectivity index is 2.77. The molecule has 0 saturated carbocycles. The van der Waals surface area contributed by atoms with Crippen LogP contribution in [0.4, 0.5) is 0 Å². The molecule has 0 radical (unpaired) electrons.